The van der Waals surface area contributed by atoms with Crippen LogP contribution in [0.5, 0.6) is 0 Å². The summed E-state index contributed by atoms with van der Waals surface area (Å²) in [6.45, 7) is 4.34. The summed E-state index contributed by atoms with van der Waals surface area (Å²) >= 11 is 1.87. The van der Waals surface area contributed by atoms with E-state index in [2.05, 4.69) is 43.7 Å². The third kappa shape index (κ3) is 3.81. The number of hydrazine groups is 1. The predicted molar refractivity (Wildman–Crippen MR) is 73.7 cm³/mol. The molecule has 2 nitrogen and oxygen atoms in total. The second-order valence-corrected chi connectivity index (χ2v) is 5.21. The van der Waals surface area contributed by atoms with Gasteiger partial charge in [-0.2, -0.15) is 11.8 Å². The number of nitrogens with one attached hydrogen (secondary N) is 1. The highest BCUT2D eigenvalue weighted by molar-refractivity contribution is 7.98. The summed E-state index contributed by atoms with van der Waals surface area (Å²) < 4.78 is 0. The molecule has 0 aliphatic carbocycles. The van der Waals surface area contributed by atoms with Crippen molar-refractivity contribution in [2.24, 2.45) is 5.84 Å². The first kappa shape index (κ1) is 13.6. The van der Waals surface area contributed by atoms with Crippen molar-refractivity contribution in [2.45, 2.75) is 32.7 Å². The van der Waals surface area contributed by atoms with Gasteiger partial charge in [0.05, 0.1) is 0 Å². The first-order valence-electron chi connectivity index (χ1n) is 5.69. The molecule has 0 fully saturated rings. The van der Waals surface area contributed by atoms with Crippen LogP contribution in [0.2, 0.25) is 0 Å². The normalized spacial score (nSPS) is 12.8. The molecule has 0 amide bonds. The Kier molecular flexibility index (Phi) is 5.88. The molecule has 1 aromatic carbocycles. The summed E-state index contributed by atoms with van der Waals surface area (Å²) in [6, 6.07) is 6.84. The van der Waals surface area contributed by atoms with Crippen molar-refractivity contribution in [1.82, 2.24) is 5.43 Å². The predicted octanol–water partition coefficient (Wildman–Crippen LogP) is 2.43. The van der Waals surface area contributed by atoms with Crippen LogP contribution in [0, 0.1) is 13.8 Å². The fourth-order valence-corrected chi connectivity index (χ4v) is 2.44. The molecule has 0 spiro atoms. The molecule has 0 bridgehead atoms. The summed E-state index contributed by atoms with van der Waals surface area (Å²) in [4.78, 5) is 0. The Bertz CT molecular complexity index is 305. The second kappa shape index (κ2) is 6.94. The molecule has 0 saturated heterocycles. The van der Waals surface area contributed by atoms with Crippen molar-refractivity contribution >= 4 is 11.8 Å². The average molecular weight is 238 g/mol. The lowest BCUT2D eigenvalue weighted by molar-refractivity contribution is 0.512. The molecule has 90 valence electrons. The smallest absolute Gasteiger partial charge is 0.0258 e. The van der Waals surface area contributed by atoms with Gasteiger partial charge in [0.1, 0.15) is 0 Å². The highest BCUT2D eigenvalue weighted by Crippen LogP contribution is 2.16. The van der Waals surface area contributed by atoms with Crippen LogP contribution in [0.4, 0.5) is 0 Å². The first-order valence-corrected chi connectivity index (χ1v) is 7.08. The number of hydrogen-bond donors (Lipinski definition) is 2. The van der Waals surface area contributed by atoms with E-state index in [0.29, 0.717) is 6.04 Å². The molecule has 0 saturated carbocycles. The summed E-state index contributed by atoms with van der Waals surface area (Å²) in [5.74, 6) is 6.75. The molecule has 1 atom stereocenters. The van der Waals surface area contributed by atoms with E-state index in [4.69, 9.17) is 5.84 Å². The van der Waals surface area contributed by atoms with Crippen LogP contribution in [0.25, 0.3) is 0 Å². The Morgan fingerprint density at radius 1 is 1.31 bits per heavy atom. The Hall–Kier alpha value is -0.510. The van der Waals surface area contributed by atoms with Gasteiger partial charge in [0.2, 0.25) is 0 Å². The SMILES string of the molecule is CSCCC(Cc1c(C)cccc1C)NN. The zero-order chi connectivity index (χ0) is 12.0. The molecule has 0 aromatic heterocycles. The van der Waals surface area contributed by atoms with E-state index in [-0.39, 0.29) is 0 Å². The van der Waals surface area contributed by atoms with Gasteiger partial charge in [-0.15, -0.1) is 0 Å². The molecule has 0 aliphatic rings. The van der Waals surface area contributed by atoms with E-state index in [1.54, 1.807) is 0 Å². The van der Waals surface area contributed by atoms with Gasteiger partial charge in [0.25, 0.3) is 0 Å². The lowest BCUT2D eigenvalue weighted by Crippen LogP contribution is -2.37. The van der Waals surface area contributed by atoms with Crippen molar-refractivity contribution in [3.63, 3.8) is 0 Å². The monoisotopic (exact) mass is 238 g/mol. The van der Waals surface area contributed by atoms with Crippen molar-refractivity contribution in [1.29, 1.82) is 0 Å². The molecule has 1 aromatic rings. The van der Waals surface area contributed by atoms with Crippen molar-refractivity contribution in [2.75, 3.05) is 12.0 Å². The average Bonchev–Trinajstić information content (AvgIpc) is 2.28. The van der Waals surface area contributed by atoms with Crippen LogP contribution in [0.3, 0.4) is 0 Å². The maximum atomic E-state index is 5.60. The highest BCUT2D eigenvalue weighted by atomic mass is 32.2. The van der Waals surface area contributed by atoms with Gasteiger partial charge in [0.15, 0.2) is 0 Å². The molecular weight excluding hydrogens is 216 g/mol. The molecule has 3 heteroatoms. The van der Waals surface area contributed by atoms with Crippen molar-refractivity contribution < 1.29 is 0 Å². The van der Waals surface area contributed by atoms with Gasteiger partial charge in [-0.25, -0.2) is 0 Å². The number of benzene rings is 1. The zero-order valence-corrected chi connectivity index (χ0v) is 11.2. The van der Waals surface area contributed by atoms with E-state index in [0.717, 1.165) is 18.6 Å². The van der Waals surface area contributed by atoms with Crippen LogP contribution in [0.1, 0.15) is 23.1 Å². The number of nitrogens with two attached hydrogens (primary N) is 1. The standard InChI is InChI=1S/C13H22N2S/c1-10-5-4-6-11(2)13(10)9-12(15-14)7-8-16-3/h4-6,12,15H,7-9,14H2,1-3H3. The van der Waals surface area contributed by atoms with Gasteiger partial charge in [-0.1, -0.05) is 18.2 Å². The van der Waals surface area contributed by atoms with Gasteiger partial charge in [-0.05, 0) is 55.4 Å². The van der Waals surface area contributed by atoms with Gasteiger partial charge >= 0.3 is 0 Å². The van der Waals surface area contributed by atoms with Crippen LogP contribution in [-0.4, -0.2) is 18.1 Å². The largest absolute Gasteiger partial charge is 0.271 e. The maximum absolute atomic E-state index is 5.60. The van der Waals surface area contributed by atoms with Crippen LogP contribution in [0.15, 0.2) is 18.2 Å². The molecule has 16 heavy (non-hydrogen) atoms. The zero-order valence-electron chi connectivity index (χ0n) is 10.4. The topological polar surface area (TPSA) is 38.0 Å². The molecule has 3 N–H and O–H groups in total. The van der Waals surface area contributed by atoms with Crippen LogP contribution < -0.4 is 11.3 Å². The molecule has 0 aliphatic heterocycles. The Morgan fingerprint density at radius 2 is 1.94 bits per heavy atom. The summed E-state index contributed by atoms with van der Waals surface area (Å²) in [7, 11) is 0. The van der Waals surface area contributed by atoms with Crippen molar-refractivity contribution in [3.8, 4) is 0 Å². The number of thioether (sulfide) groups is 1. The number of hydrogen-bond acceptors (Lipinski definition) is 3. The third-order valence-electron chi connectivity index (χ3n) is 3.00. The Labute approximate surface area is 103 Å². The lowest BCUT2D eigenvalue weighted by atomic mass is 9.96. The Balaban J connectivity index is 2.69. The highest BCUT2D eigenvalue weighted by Gasteiger charge is 2.10. The van der Waals surface area contributed by atoms with Crippen LogP contribution in [-0.2, 0) is 6.42 Å². The quantitative estimate of drug-likeness (QED) is 0.590. The minimum atomic E-state index is 0.382. The number of aryl methyl sites for hydroxylation is 2. The molecule has 1 rings (SSSR count). The second-order valence-electron chi connectivity index (χ2n) is 4.22. The summed E-state index contributed by atoms with van der Waals surface area (Å²) in [6.07, 6.45) is 4.27. The lowest BCUT2D eigenvalue weighted by Gasteiger charge is -2.18. The van der Waals surface area contributed by atoms with E-state index in [1.807, 2.05) is 11.8 Å². The van der Waals surface area contributed by atoms with Gasteiger partial charge < -0.3 is 0 Å². The van der Waals surface area contributed by atoms with Crippen LogP contribution >= 0.6 is 11.8 Å². The third-order valence-corrected chi connectivity index (χ3v) is 3.65. The minimum absolute atomic E-state index is 0.382. The summed E-state index contributed by atoms with van der Waals surface area (Å²) in [5, 5.41) is 0. The molecule has 0 radical (unpaired) electrons. The van der Waals surface area contributed by atoms with E-state index in [1.165, 1.54) is 16.7 Å². The summed E-state index contributed by atoms with van der Waals surface area (Å²) in [5.41, 5.74) is 7.09. The fourth-order valence-electron chi connectivity index (χ4n) is 1.92. The minimum Gasteiger partial charge on any atom is -0.271 e. The van der Waals surface area contributed by atoms with E-state index >= 15 is 0 Å². The van der Waals surface area contributed by atoms with Gasteiger partial charge in [-0.3, -0.25) is 11.3 Å². The maximum Gasteiger partial charge on any atom is 0.0258 e. The first-order chi connectivity index (χ1) is 7.69. The fraction of sp³-hybridized carbons (Fsp3) is 0.538. The number of rotatable bonds is 6. The molecular formula is C13H22N2S. The Morgan fingerprint density at radius 3 is 2.44 bits per heavy atom. The molecule has 1 unspecified atom stereocenters. The molecule has 0 heterocycles. The van der Waals surface area contributed by atoms with Crippen molar-refractivity contribution in [3.05, 3.63) is 34.9 Å². The van der Waals surface area contributed by atoms with E-state index in [9.17, 15) is 0 Å². The van der Waals surface area contributed by atoms with E-state index < -0.39 is 0 Å². The van der Waals surface area contributed by atoms with Gasteiger partial charge in [0, 0.05) is 6.04 Å².